The lowest BCUT2D eigenvalue weighted by molar-refractivity contribution is -0.120. The zero-order chi connectivity index (χ0) is 20.8. The molecule has 0 aliphatic heterocycles. The largest absolute Gasteiger partial charge is 0.355 e. The number of carbonyl (C=O) groups excluding carboxylic acids is 2. The average Bonchev–Trinajstić information content (AvgIpc) is 3.21. The Morgan fingerprint density at radius 1 is 0.833 bits per heavy atom. The second-order valence-electron chi connectivity index (χ2n) is 6.88. The summed E-state index contributed by atoms with van der Waals surface area (Å²) in [4.78, 5) is 24.5. The monoisotopic (exact) mass is 399 g/mol. The SMILES string of the molecule is O=C(Cc1ccccc1)NCCNC(=O)c1ccc2noc(-c3ccccc3)c2c1. The van der Waals surface area contributed by atoms with Crippen LogP contribution in [0.25, 0.3) is 22.2 Å². The second kappa shape index (κ2) is 9.05. The van der Waals surface area contributed by atoms with Crippen LogP contribution in [-0.4, -0.2) is 30.1 Å². The lowest BCUT2D eigenvalue weighted by Gasteiger charge is -2.07. The molecular weight excluding hydrogens is 378 g/mol. The zero-order valence-corrected chi connectivity index (χ0v) is 16.3. The summed E-state index contributed by atoms with van der Waals surface area (Å²) in [7, 11) is 0. The van der Waals surface area contributed by atoms with Crippen molar-refractivity contribution in [3.05, 3.63) is 90.0 Å². The number of amides is 2. The molecule has 0 saturated carbocycles. The summed E-state index contributed by atoms with van der Waals surface area (Å²) in [5.74, 6) is 0.344. The van der Waals surface area contributed by atoms with E-state index in [1.165, 1.54) is 0 Å². The fraction of sp³-hybridized carbons (Fsp3) is 0.125. The molecule has 30 heavy (non-hydrogen) atoms. The van der Waals surface area contributed by atoms with Crippen LogP contribution in [-0.2, 0) is 11.2 Å². The number of hydrogen-bond donors (Lipinski definition) is 2. The van der Waals surface area contributed by atoms with E-state index >= 15 is 0 Å². The van der Waals surface area contributed by atoms with Crippen molar-refractivity contribution in [2.75, 3.05) is 13.1 Å². The van der Waals surface area contributed by atoms with Gasteiger partial charge in [0.15, 0.2) is 5.76 Å². The summed E-state index contributed by atoms with van der Waals surface area (Å²) < 4.78 is 5.48. The van der Waals surface area contributed by atoms with Gasteiger partial charge in [-0.05, 0) is 23.8 Å². The van der Waals surface area contributed by atoms with Gasteiger partial charge in [-0.15, -0.1) is 0 Å². The molecule has 0 saturated heterocycles. The maximum Gasteiger partial charge on any atom is 0.251 e. The molecule has 150 valence electrons. The Hall–Kier alpha value is -3.93. The van der Waals surface area contributed by atoms with Gasteiger partial charge in [0.1, 0.15) is 5.52 Å². The molecule has 1 aromatic heterocycles. The minimum atomic E-state index is -0.213. The molecule has 1 heterocycles. The molecule has 0 spiro atoms. The van der Waals surface area contributed by atoms with E-state index in [-0.39, 0.29) is 11.8 Å². The summed E-state index contributed by atoms with van der Waals surface area (Å²) in [6, 6.07) is 24.4. The average molecular weight is 399 g/mol. The molecule has 6 nitrogen and oxygen atoms in total. The third-order valence-electron chi connectivity index (χ3n) is 4.71. The van der Waals surface area contributed by atoms with Gasteiger partial charge in [-0.2, -0.15) is 0 Å². The molecule has 2 amide bonds. The van der Waals surface area contributed by atoms with Gasteiger partial charge in [-0.25, -0.2) is 0 Å². The normalized spacial score (nSPS) is 10.7. The molecule has 0 aliphatic rings. The van der Waals surface area contributed by atoms with E-state index in [0.717, 1.165) is 16.5 Å². The first-order valence-electron chi connectivity index (χ1n) is 9.74. The van der Waals surface area contributed by atoms with Crippen molar-refractivity contribution in [1.82, 2.24) is 15.8 Å². The minimum Gasteiger partial charge on any atom is -0.355 e. The molecule has 0 atom stereocenters. The van der Waals surface area contributed by atoms with Crippen LogP contribution in [0.1, 0.15) is 15.9 Å². The van der Waals surface area contributed by atoms with Crippen molar-refractivity contribution in [1.29, 1.82) is 0 Å². The topological polar surface area (TPSA) is 84.2 Å². The summed E-state index contributed by atoms with van der Waals surface area (Å²) in [5.41, 5.74) is 3.06. The number of benzene rings is 3. The molecule has 0 bridgehead atoms. The van der Waals surface area contributed by atoms with Gasteiger partial charge in [0.05, 0.1) is 11.8 Å². The van der Waals surface area contributed by atoms with Crippen molar-refractivity contribution in [3.63, 3.8) is 0 Å². The van der Waals surface area contributed by atoms with E-state index in [4.69, 9.17) is 4.52 Å². The standard InChI is InChI=1S/C24H21N3O3/c28-22(15-17-7-3-1-4-8-17)25-13-14-26-24(29)19-11-12-21-20(16-19)23(30-27-21)18-9-5-2-6-10-18/h1-12,16H,13-15H2,(H,25,28)(H,26,29). The van der Waals surface area contributed by atoms with E-state index in [0.29, 0.717) is 36.4 Å². The van der Waals surface area contributed by atoms with Crippen LogP contribution in [0.4, 0.5) is 0 Å². The second-order valence-corrected chi connectivity index (χ2v) is 6.88. The fourth-order valence-corrected chi connectivity index (χ4v) is 3.20. The maximum atomic E-state index is 12.5. The Morgan fingerprint density at radius 3 is 2.30 bits per heavy atom. The third-order valence-corrected chi connectivity index (χ3v) is 4.71. The van der Waals surface area contributed by atoms with Gasteiger partial charge < -0.3 is 15.2 Å². The molecule has 0 fully saturated rings. The first-order chi connectivity index (χ1) is 14.7. The first-order valence-corrected chi connectivity index (χ1v) is 9.74. The van der Waals surface area contributed by atoms with Crippen molar-refractivity contribution in [2.45, 2.75) is 6.42 Å². The van der Waals surface area contributed by atoms with E-state index in [1.54, 1.807) is 18.2 Å². The number of aromatic nitrogens is 1. The molecule has 0 unspecified atom stereocenters. The lowest BCUT2D eigenvalue weighted by Crippen LogP contribution is -2.35. The van der Waals surface area contributed by atoms with Crippen LogP contribution in [0.15, 0.2) is 83.4 Å². The first kappa shape index (κ1) is 19.4. The summed E-state index contributed by atoms with van der Waals surface area (Å²) in [6.07, 6.45) is 0.321. The highest BCUT2D eigenvalue weighted by molar-refractivity contribution is 6.01. The van der Waals surface area contributed by atoms with E-state index in [1.807, 2.05) is 60.7 Å². The van der Waals surface area contributed by atoms with Gasteiger partial charge in [0, 0.05) is 24.2 Å². The van der Waals surface area contributed by atoms with Gasteiger partial charge in [0.2, 0.25) is 5.91 Å². The maximum absolute atomic E-state index is 12.5. The van der Waals surface area contributed by atoms with Gasteiger partial charge in [0.25, 0.3) is 5.91 Å². The zero-order valence-electron chi connectivity index (χ0n) is 16.3. The molecule has 4 aromatic rings. The van der Waals surface area contributed by atoms with E-state index < -0.39 is 0 Å². The Balaban J connectivity index is 1.34. The number of nitrogens with zero attached hydrogens (tertiary/aromatic N) is 1. The van der Waals surface area contributed by atoms with Gasteiger partial charge >= 0.3 is 0 Å². The predicted molar refractivity (Wildman–Crippen MR) is 115 cm³/mol. The van der Waals surface area contributed by atoms with E-state index in [9.17, 15) is 9.59 Å². The van der Waals surface area contributed by atoms with Crippen molar-refractivity contribution in [2.24, 2.45) is 0 Å². The molecule has 3 aromatic carbocycles. The molecule has 2 N–H and O–H groups in total. The summed E-state index contributed by atoms with van der Waals surface area (Å²) in [6.45, 7) is 0.703. The molecular formula is C24H21N3O3. The highest BCUT2D eigenvalue weighted by Crippen LogP contribution is 2.29. The van der Waals surface area contributed by atoms with Crippen LogP contribution >= 0.6 is 0 Å². The number of carbonyl (C=O) groups is 2. The van der Waals surface area contributed by atoms with Crippen LogP contribution in [0.2, 0.25) is 0 Å². The lowest BCUT2D eigenvalue weighted by atomic mass is 10.1. The Bertz CT molecular complexity index is 1150. The summed E-state index contributed by atoms with van der Waals surface area (Å²) >= 11 is 0. The molecule has 4 rings (SSSR count). The molecule has 0 aliphatic carbocycles. The van der Waals surface area contributed by atoms with Crippen LogP contribution in [0.5, 0.6) is 0 Å². The fourth-order valence-electron chi connectivity index (χ4n) is 3.20. The van der Waals surface area contributed by atoms with Crippen LogP contribution in [0, 0.1) is 0 Å². The van der Waals surface area contributed by atoms with Crippen molar-refractivity contribution < 1.29 is 14.1 Å². The Morgan fingerprint density at radius 2 is 1.53 bits per heavy atom. The van der Waals surface area contributed by atoms with Gasteiger partial charge in [-0.3, -0.25) is 9.59 Å². The van der Waals surface area contributed by atoms with Crippen molar-refractivity contribution in [3.8, 4) is 11.3 Å². The number of hydrogen-bond acceptors (Lipinski definition) is 4. The molecule has 0 radical (unpaired) electrons. The third kappa shape index (κ3) is 4.55. The Kier molecular flexibility index (Phi) is 5.85. The number of nitrogens with one attached hydrogen (secondary N) is 2. The highest BCUT2D eigenvalue weighted by Gasteiger charge is 2.14. The summed E-state index contributed by atoms with van der Waals surface area (Å²) in [5, 5.41) is 10.5. The van der Waals surface area contributed by atoms with Crippen LogP contribution < -0.4 is 10.6 Å². The number of fused-ring (bicyclic) bond motifs is 1. The Labute approximate surface area is 173 Å². The number of rotatable bonds is 7. The highest BCUT2D eigenvalue weighted by atomic mass is 16.5. The smallest absolute Gasteiger partial charge is 0.251 e. The quantitative estimate of drug-likeness (QED) is 0.465. The van der Waals surface area contributed by atoms with E-state index in [2.05, 4.69) is 15.8 Å². The van der Waals surface area contributed by atoms with Crippen LogP contribution in [0.3, 0.4) is 0 Å². The predicted octanol–water partition coefficient (Wildman–Crippen LogP) is 3.58. The van der Waals surface area contributed by atoms with Gasteiger partial charge in [-0.1, -0.05) is 65.8 Å². The van der Waals surface area contributed by atoms with Crippen molar-refractivity contribution >= 4 is 22.7 Å². The molecule has 6 heteroatoms. The minimum absolute atomic E-state index is 0.0751.